The van der Waals surface area contributed by atoms with Crippen molar-refractivity contribution in [2.75, 3.05) is 25.6 Å². The number of hydrogen-bond donors (Lipinski definition) is 2. The topological polar surface area (TPSA) is 85.4 Å². The molecular formula is C20H17ClF2N4O3. The molecule has 30 heavy (non-hydrogen) atoms. The van der Waals surface area contributed by atoms with Crippen LogP contribution in [0.2, 0.25) is 5.02 Å². The number of fused-ring (bicyclic) bond motifs is 1. The molecule has 0 saturated carbocycles. The molecule has 10 heteroatoms. The Labute approximate surface area is 175 Å². The molecular weight excluding hydrogens is 418 g/mol. The van der Waals surface area contributed by atoms with Crippen LogP contribution in [0.25, 0.3) is 10.9 Å². The van der Waals surface area contributed by atoms with Crippen LogP contribution in [0.4, 0.5) is 20.3 Å². The van der Waals surface area contributed by atoms with Crippen LogP contribution in [0.3, 0.4) is 0 Å². The average Bonchev–Trinajstić information content (AvgIpc) is 2.76. The van der Waals surface area contributed by atoms with Crippen LogP contribution in [0.1, 0.15) is 0 Å². The Kier molecular flexibility index (Phi) is 6.63. The summed E-state index contributed by atoms with van der Waals surface area (Å²) in [6, 6.07) is 5.52. The standard InChI is InChI=1S/C20H17ClF2N4O3/c1-3-17(28)24-6-7-30-16-8-11-14(9-15(16)29-2)25-10-26-20(11)27-13-5-4-12(22)18(21)19(13)23/h3-5,8-10H,1,6-7H2,2H3,(H,24,28)(H,25,26,27). The van der Waals surface area contributed by atoms with Crippen molar-refractivity contribution < 1.29 is 23.0 Å². The molecule has 0 radical (unpaired) electrons. The van der Waals surface area contributed by atoms with Crippen molar-refractivity contribution in [1.29, 1.82) is 0 Å². The number of anilines is 2. The van der Waals surface area contributed by atoms with Crippen molar-refractivity contribution in [3.05, 3.63) is 59.9 Å². The van der Waals surface area contributed by atoms with Gasteiger partial charge in [-0.2, -0.15) is 0 Å². The van der Waals surface area contributed by atoms with Crippen molar-refractivity contribution in [2.24, 2.45) is 0 Å². The molecule has 0 unspecified atom stereocenters. The first-order chi connectivity index (χ1) is 14.4. The molecule has 2 N–H and O–H groups in total. The molecule has 0 aliphatic rings. The van der Waals surface area contributed by atoms with Gasteiger partial charge in [-0.25, -0.2) is 18.7 Å². The quantitative estimate of drug-likeness (QED) is 0.317. The van der Waals surface area contributed by atoms with Gasteiger partial charge < -0.3 is 20.1 Å². The van der Waals surface area contributed by atoms with Crippen molar-refractivity contribution in [1.82, 2.24) is 15.3 Å². The molecule has 1 aromatic heterocycles. The molecule has 0 saturated heterocycles. The van der Waals surface area contributed by atoms with E-state index in [9.17, 15) is 13.6 Å². The fourth-order valence-electron chi connectivity index (χ4n) is 2.59. The normalized spacial score (nSPS) is 10.5. The van der Waals surface area contributed by atoms with E-state index in [2.05, 4.69) is 27.2 Å². The number of amides is 1. The van der Waals surface area contributed by atoms with Gasteiger partial charge in [-0.15, -0.1) is 0 Å². The lowest BCUT2D eigenvalue weighted by Gasteiger charge is -2.14. The minimum absolute atomic E-state index is 0.0492. The number of nitrogens with zero attached hydrogens (tertiary/aromatic N) is 2. The predicted octanol–water partition coefficient (Wildman–Crippen LogP) is 3.99. The summed E-state index contributed by atoms with van der Waals surface area (Å²) in [6.07, 6.45) is 2.45. The number of benzene rings is 2. The van der Waals surface area contributed by atoms with E-state index in [1.807, 2.05) is 0 Å². The Morgan fingerprint density at radius 3 is 2.80 bits per heavy atom. The number of nitrogens with one attached hydrogen (secondary N) is 2. The van der Waals surface area contributed by atoms with Crippen LogP contribution in [0.15, 0.2) is 43.2 Å². The number of ether oxygens (including phenoxy) is 2. The highest BCUT2D eigenvalue weighted by Gasteiger charge is 2.15. The van der Waals surface area contributed by atoms with Crippen molar-refractivity contribution in [3.8, 4) is 11.5 Å². The second-order valence-corrected chi connectivity index (χ2v) is 6.31. The first-order valence-electron chi connectivity index (χ1n) is 8.71. The van der Waals surface area contributed by atoms with E-state index in [0.29, 0.717) is 22.4 Å². The molecule has 3 rings (SSSR count). The van der Waals surface area contributed by atoms with Gasteiger partial charge in [-0.3, -0.25) is 4.79 Å². The minimum atomic E-state index is -0.939. The summed E-state index contributed by atoms with van der Waals surface area (Å²) >= 11 is 5.64. The summed E-state index contributed by atoms with van der Waals surface area (Å²) in [5.74, 6) is -1.08. The van der Waals surface area contributed by atoms with Crippen LogP contribution < -0.4 is 20.1 Å². The predicted molar refractivity (Wildman–Crippen MR) is 109 cm³/mol. The van der Waals surface area contributed by atoms with Crippen molar-refractivity contribution in [3.63, 3.8) is 0 Å². The van der Waals surface area contributed by atoms with Crippen LogP contribution in [0.5, 0.6) is 11.5 Å². The molecule has 2 aromatic carbocycles. The summed E-state index contributed by atoms with van der Waals surface area (Å²) in [5.41, 5.74) is 0.456. The van der Waals surface area contributed by atoms with Crippen LogP contribution in [-0.4, -0.2) is 36.1 Å². The maximum Gasteiger partial charge on any atom is 0.243 e. The zero-order valence-electron chi connectivity index (χ0n) is 15.8. The maximum atomic E-state index is 14.3. The van der Waals surface area contributed by atoms with Gasteiger partial charge in [0, 0.05) is 11.5 Å². The van der Waals surface area contributed by atoms with Crippen LogP contribution in [-0.2, 0) is 4.79 Å². The third-order valence-corrected chi connectivity index (χ3v) is 4.40. The number of aromatic nitrogens is 2. The van der Waals surface area contributed by atoms with Gasteiger partial charge >= 0.3 is 0 Å². The monoisotopic (exact) mass is 434 g/mol. The van der Waals surface area contributed by atoms with Gasteiger partial charge in [0.15, 0.2) is 17.3 Å². The third-order valence-electron chi connectivity index (χ3n) is 4.05. The summed E-state index contributed by atoms with van der Waals surface area (Å²) in [6.45, 7) is 3.79. The van der Waals surface area contributed by atoms with Gasteiger partial charge in [0.25, 0.3) is 0 Å². The summed E-state index contributed by atoms with van der Waals surface area (Å²) in [4.78, 5) is 19.5. The molecule has 156 valence electrons. The molecule has 1 heterocycles. The van der Waals surface area contributed by atoms with Gasteiger partial charge in [0.05, 0.1) is 24.9 Å². The lowest BCUT2D eigenvalue weighted by atomic mass is 10.2. The fourth-order valence-corrected chi connectivity index (χ4v) is 2.76. The highest BCUT2D eigenvalue weighted by Crippen LogP contribution is 2.35. The Morgan fingerprint density at radius 1 is 1.27 bits per heavy atom. The number of carbonyl (C=O) groups excluding carboxylic acids is 1. The first-order valence-corrected chi connectivity index (χ1v) is 9.08. The zero-order chi connectivity index (χ0) is 21.7. The van der Waals surface area contributed by atoms with Gasteiger partial charge in [-0.1, -0.05) is 18.2 Å². The lowest BCUT2D eigenvalue weighted by molar-refractivity contribution is -0.116. The van der Waals surface area contributed by atoms with E-state index in [1.165, 1.54) is 19.5 Å². The van der Waals surface area contributed by atoms with E-state index in [-0.39, 0.29) is 30.6 Å². The van der Waals surface area contributed by atoms with Gasteiger partial charge in [-0.05, 0) is 24.3 Å². The molecule has 3 aromatic rings. The van der Waals surface area contributed by atoms with E-state index < -0.39 is 16.7 Å². The summed E-state index contributed by atoms with van der Waals surface area (Å²) < 4.78 is 38.7. The Bertz CT molecular complexity index is 1110. The van der Waals surface area contributed by atoms with E-state index in [0.717, 1.165) is 12.1 Å². The Hall–Kier alpha value is -3.46. The molecule has 1 amide bonds. The van der Waals surface area contributed by atoms with Crippen LogP contribution in [0, 0.1) is 11.6 Å². The number of hydrogen-bond acceptors (Lipinski definition) is 6. The largest absolute Gasteiger partial charge is 0.493 e. The van der Waals surface area contributed by atoms with Crippen LogP contribution >= 0.6 is 11.6 Å². The van der Waals surface area contributed by atoms with Crippen molar-refractivity contribution in [2.45, 2.75) is 0 Å². The molecule has 0 aliphatic heterocycles. The molecule has 0 spiro atoms. The smallest absolute Gasteiger partial charge is 0.243 e. The Morgan fingerprint density at radius 2 is 2.07 bits per heavy atom. The van der Waals surface area contributed by atoms with E-state index >= 15 is 0 Å². The number of carbonyl (C=O) groups is 1. The zero-order valence-corrected chi connectivity index (χ0v) is 16.6. The molecule has 0 atom stereocenters. The van der Waals surface area contributed by atoms with Crippen molar-refractivity contribution >= 4 is 39.9 Å². The maximum absolute atomic E-state index is 14.3. The second kappa shape index (κ2) is 9.36. The number of methoxy groups -OCH3 is 1. The van der Waals surface area contributed by atoms with Gasteiger partial charge in [0.1, 0.15) is 29.6 Å². The number of halogens is 3. The summed E-state index contributed by atoms with van der Waals surface area (Å²) in [5, 5.41) is 5.27. The summed E-state index contributed by atoms with van der Waals surface area (Å²) in [7, 11) is 1.48. The SMILES string of the molecule is C=CC(=O)NCCOc1cc2c(Nc3ccc(F)c(Cl)c3F)ncnc2cc1OC. The fraction of sp³-hybridized carbons (Fsp3) is 0.150. The Balaban J connectivity index is 1.91. The molecule has 0 aliphatic carbocycles. The average molecular weight is 435 g/mol. The van der Waals surface area contributed by atoms with E-state index in [1.54, 1.807) is 12.1 Å². The molecule has 0 bridgehead atoms. The first kappa shape index (κ1) is 21.3. The van der Waals surface area contributed by atoms with E-state index in [4.69, 9.17) is 21.1 Å². The highest BCUT2D eigenvalue weighted by molar-refractivity contribution is 6.31. The molecule has 7 nitrogen and oxygen atoms in total. The third kappa shape index (κ3) is 4.57. The number of rotatable bonds is 8. The minimum Gasteiger partial charge on any atom is -0.493 e. The second-order valence-electron chi connectivity index (χ2n) is 5.93. The van der Waals surface area contributed by atoms with Gasteiger partial charge in [0.2, 0.25) is 5.91 Å². The highest BCUT2D eigenvalue weighted by atomic mass is 35.5. The lowest BCUT2D eigenvalue weighted by Crippen LogP contribution is -2.26. The molecule has 0 fully saturated rings.